The number of nitrogens with zero attached hydrogens (tertiary/aromatic N) is 4. The molecule has 2 saturated heterocycles. The second kappa shape index (κ2) is 6.57. The van der Waals surface area contributed by atoms with Crippen LogP contribution in [0.2, 0.25) is 0 Å². The van der Waals surface area contributed by atoms with E-state index in [-0.39, 0.29) is 5.79 Å². The Bertz CT molecular complexity index is 731. The Morgan fingerprint density at radius 1 is 1.08 bits per heavy atom. The lowest BCUT2D eigenvalue weighted by Crippen LogP contribution is -2.45. The van der Waals surface area contributed by atoms with Gasteiger partial charge in [-0.15, -0.1) is 5.10 Å². The van der Waals surface area contributed by atoms with Crippen molar-refractivity contribution in [3.05, 3.63) is 35.5 Å². The zero-order valence-corrected chi connectivity index (χ0v) is 14.7. The summed E-state index contributed by atoms with van der Waals surface area (Å²) in [5.74, 6) is 0.969. The van der Waals surface area contributed by atoms with E-state index in [0.717, 1.165) is 48.6 Å². The van der Waals surface area contributed by atoms with Crippen molar-refractivity contribution in [2.75, 3.05) is 36.5 Å². The van der Waals surface area contributed by atoms with Crippen LogP contribution in [-0.2, 0) is 9.47 Å². The fourth-order valence-corrected chi connectivity index (χ4v) is 3.49. The van der Waals surface area contributed by atoms with Crippen LogP contribution in [0.3, 0.4) is 0 Å². The van der Waals surface area contributed by atoms with E-state index in [2.05, 4.69) is 51.4 Å². The predicted molar refractivity (Wildman–Crippen MR) is 95.1 cm³/mol. The van der Waals surface area contributed by atoms with Gasteiger partial charge in [-0.2, -0.15) is 10.1 Å². The largest absolute Gasteiger partial charge is 0.355 e. The van der Waals surface area contributed by atoms with Gasteiger partial charge in [-0.25, -0.2) is 0 Å². The molecule has 132 valence electrons. The van der Waals surface area contributed by atoms with Gasteiger partial charge >= 0.3 is 0 Å². The van der Waals surface area contributed by atoms with Gasteiger partial charge in [0.15, 0.2) is 11.6 Å². The molecule has 1 aromatic heterocycles. The van der Waals surface area contributed by atoms with Gasteiger partial charge in [0, 0.05) is 31.6 Å². The average Bonchev–Trinajstić information content (AvgIpc) is 3.07. The first-order chi connectivity index (χ1) is 12.2. The summed E-state index contributed by atoms with van der Waals surface area (Å²) in [5.41, 5.74) is 3.35. The van der Waals surface area contributed by atoms with Crippen molar-refractivity contribution in [1.29, 1.82) is 0 Å². The van der Waals surface area contributed by atoms with Crippen molar-refractivity contribution in [3.63, 3.8) is 0 Å². The van der Waals surface area contributed by atoms with E-state index >= 15 is 0 Å². The number of benzene rings is 1. The van der Waals surface area contributed by atoms with Gasteiger partial charge in [0.25, 0.3) is 0 Å². The van der Waals surface area contributed by atoms with Crippen molar-refractivity contribution in [2.45, 2.75) is 32.5 Å². The summed E-state index contributed by atoms with van der Waals surface area (Å²) in [6, 6.07) is 6.18. The molecular formula is C18H23N5O2. The number of nitrogens with one attached hydrogen (secondary N) is 1. The fraction of sp³-hybridized carbons (Fsp3) is 0.500. The number of hydrogen-bond acceptors (Lipinski definition) is 7. The molecule has 0 aliphatic carbocycles. The van der Waals surface area contributed by atoms with Crippen LogP contribution >= 0.6 is 0 Å². The molecule has 1 spiro atoms. The first kappa shape index (κ1) is 16.2. The maximum Gasteiger partial charge on any atom is 0.249 e. The van der Waals surface area contributed by atoms with Crippen LogP contribution < -0.4 is 10.2 Å². The third kappa shape index (κ3) is 3.29. The Morgan fingerprint density at radius 3 is 2.44 bits per heavy atom. The molecule has 1 aromatic carbocycles. The lowest BCUT2D eigenvalue weighted by atomic mass is 10.0. The van der Waals surface area contributed by atoms with Gasteiger partial charge in [-0.3, -0.25) is 0 Å². The van der Waals surface area contributed by atoms with Gasteiger partial charge in [-0.05, 0) is 25.0 Å². The van der Waals surface area contributed by atoms with Crippen molar-refractivity contribution in [1.82, 2.24) is 15.2 Å². The first-order valence-electron chi connectivity index (χ1n) is 8.71. The standard InChI is InChI=1S/C18H23N5O2/c1-13-4-3-5-14(2)16(13)21-17-20-15(12-19-22-17)23-8-6-18(7-9-23)24-10-11-25-18/h3-5,12H,6-11H2,1-2H3,(H,20,21,22). The number of aromatic nitrogens is 3. The maximum absolute atomic E-state index is 5.79. The van der Waals surface area contributed by atoms with Gasteiger partial charge in [0.1, 0.15) is 0 Å². The highest BCUT2D eigenvalue weighted by Gasteiger charge is 2.40. The summed E-state index contributed by atoms with van der Waals surface area (Å²) in [6.45, 7) is 7.19. The molecule has 2 aliphatic heterocycles. The highest BCUT2D eigenvalue weighted by Crippen LogP contribution is 2.32. The summed E-state index contributed by atoms with van der Waals surface area (Å²) in [4.78, 5) is 6.86. The molecule has 0 bridgehead atoms. The fourth-order valence-electron chi connectivity index (χ4n) is 3.49. The molecule has 4 rings (SSSR count). The van der Waals surface area contributed by atoms with Gasteiger partial charge < -0.3 is 19.7 Å². The molecule has 0 amide bonds. The number of para-hydroxylation sites is 1. The average molecular weight is 341 g/mol. The minimum Gasteiger partial charge on any atom is -0.355 e. The SMILES string of the molecule is Cc1cccc(C)c1Nc1nncc(N2CCC3(CC2)OCCO3)n1. The Hall–Kier alpha value is -2.25. The smallest absolute Gasteiger partial charge is 0.249 e. The van der Waals surface area contributed by atoms with E-state index in [0.29, 0.717) is 19.2 Å². The quantitative estimate of drug-likeness (QED) is 0.920. The molecule has 0 radical (unpaired) electrons. The number of ether oxygens (including phenoxy) is 2. The topological polar surface area (TPSA) is 72.4 Å². The van der Waals surface area contributed by atoms with E-state index in [4.69, 9.17) is 9.47 Å². The van der Waals surface area contributed by atoms with Crippen molar-refractivity contribution in [3.8, 4) is 0 Å². The summed E-state index contributed by atoms with van der Waals surface area (Å²) < 4.78 is 11.6. The van der Waals surface area contributed by atoms with E-state index < -0.39 is 0 Å². The molecule has 25 heavy (non-hydrogen) atoms. The molecule has 7 heteroatoms. The second-order valence-electron chi connectivity index (χ2n) is 6.62. The van der Waals surface area contributed by atoms with Crippen LogP contribution in [-0.4, -0.2) is 47.3 Å². The molecule has 0 unspecified atom stereocenters. The van der Waals surface area contributed by atoms with Crippen LogP contribution in [0, 0.1) is 13.8 Å². The van der Waals surface area contributed by atoms with Crippen molar-refractivity contribution < 1.29 is 9.47 Å². The predicted octanol–water partition coefficient (Wildman–Crippen LogP) is 2.58. The molecule has 1 N–H and O–H groups in total. The summed E-state index contributed by atoms with van der Waals surface area (Å²) in [7, 11) is 0. The van der Waals surface area contributed by atoms with E-state index in [1.165, 1.54) is 0 Å². The Labute approximate surface area is 147 Å². The summed E-state index contributed by atoms with van der Waals surface area (Å²) >= 11 is 0. The maximum atomic E-state index is 5.79. The highest BCUT2D eigenvalue weighted by atomic mass is 16.7. The van der Waals surface area contributed by atoms with Crippen molar-refractivity contribution in [2.24, 2.45) is 0 Å². The lowest BCUT2D eigenvalue weighted by molar-refractivity contribution is -0.169. The normalized spacial score (nSPS) is 19.4. The number of anilines is 3. The summed E-state index contributed by atoms with van der Waals surface area (Å²) in [5, 5.41) is 11.6. The first-order valence-corrected chi connectivity index (χ1v) is 8.71. The molecular weight excluding hydrogens is 318 g/mol. The van der Waals surface area contributed by atoms with Crippen LogP contribution in [0.1, 0.15) is 24.0 Å². The van der Waals surface area contributed by atoms with Gasteiger partial charge in [0.2, 0.25) is 5.95 Å². The second-order valence-corrected chi connectivity index (χ2v) is 6.62. The van der Waals surface area contributed by atoms with Gasteiger partial charge in [-0.1, -0.05) is 18.2 Å². The summed E-state index contributed by atoms with van der Waals surface area (Å²) in [6.07, 6.45) is 3.40. The molecule has 0 saturated carbocycles. The molecule has 2 aromatic rings. The monoisotopic (exact) mass is 341 g/mol. The van der Waals surface area contributed by atoms with E-state index in [9.17, 15) is 0 Å². The molecule has 2 aliphatic rings. The minimum atomic E-state index is -0.379. The third-order valence-corrected chi connectivity index (χ3v) is 4.93. The number of aryl methyl sites for hydroxylation is 2. The molecule has 7 nitrogen and oxygen atoms in total. The van der Waals surface area contributed by atoms with Crippen LogP contribution in [0.4, 0.5) is 17.5 Å². The Morgan fingerprint density at radius 2 is 1.76 bits per heavy atom. The Kier molecular flexibility index (Phi) is 4.27. The Balaban J connectivity index is 1.48. The number of rotatable bonds is 3. The van der Waals surface area contributed by atoms with Gasteiger partial charge in [0.05, 0.1) is 19.4 Å². The molecule has 2 fully saturated rings. The molecule has 0 atom stereocenters. The van der Waals surface area contributed by atoms with Crippen LogP contribution in [0.5, 0.6) is 0 Å². The number of hydrogen-bond donors (Lipinski definition) is 1. The van der Waals surface area contributed by atoms with Crippen LogP contribution in [0.25, 0.3) is 0 Å². The van der Waals surface area contributed by atoms with Crippen LogP contribution in [0.15, 0.2) is 24.4 Å². The zero-order valence-electron chi connectivity index (χ0n) is 14.7. The number of piperidine rings is 1. The van der Waals surface area contributed by atoms with Crippen molar-refractivity contribution >= 4 is 17.5 Å². The minimum absolute atomic E-state index is 0.379. The molecule has 3 heterocycles. The zero-order chi connectivity index (χ0) is 17.3. The lowest BCUT2D eigenvalue weighted by Gasteiger charge is -2.37. The van der Waals surface area contributed by atoms with E-state index in [1.807, 2.05) is 6.07 Å². The van der Waals surface area contributed by atoms with E-state index in [1.54, 1.807) is 6.20 Å². The highest BCUT2D eigenvalue weighted by molar-refractivity contribution is 5.63. The third-order valence-electron chi connectivity index (χ3n) is 4.93.